The second-order valence-electron chi connectivity index (χ2n) is 6.08. The first-order valence-corrected chi connectivity index (χ1v) is 9.56. The largest absolute Gasteiger partial charge is 0.360 e. The van der Waals surface area contributed by atoms with Crippen molar-refractivity contribution in [2.24, 2.45) is 5.73 Å². The normalized spacial score (nSPS) is 10.6. The molecule has 8 nitrogen and oxygen atoms in total. The standard InChI is InChI=1S/C19H12Cl3FN4O4/c1-8-13(16(26-31-8)14-9(20)4-2-5-10(14)21)17(28)25-27(19(24)30)18(29)15-11(22)6-3-7-12(15)23/h2-7H,1H3,(H2,24,30)(H,25,28). The van der Waals surface area contributed by atoms with Gasteiger partial charge in [-0.2, -0.15) is 5.01 Å². The molecular formula is C19H12Cl3FN4O4. The Hall–Kier alpha value is -3.14. The van der Waals surface area contributed by atoms with E-state index in [1.165, 1.54) is 31.2 Å². The highest BCUT2D eigenvalue weighted by Crippen LogP contribution is 2.36. The number of nitrogens with two attached hydrogens (primary N) is 1. The minimum Gasteiger partial charge on any atom is -0.360 e. The van der Waals surface area contributed by atoms with Gasteiger partial charge in [-0.3, -0.25) is 15.0 Å². The van der Waals surface area contributed by atoms with Crippen LogP contribution in [0.25, 0.3) is 11.3 Å². The van der Waals surface area contributed by atoms with Crippen LogP contribution in [0.15, 0.2) is 40.9 Å². The molecular weight excluding hydrogens is 474 g/mol. The lowest BCUT2D eigenvalue weighted by molar-refractivity contribution is 0.0651. The van der Waals surface area contributed by atoms with Gasteiger partial charge in [0.1, 0.15) is 22.8 Å². The van der Waals surface area contributed by atoms with E-state index < -0.39 is 29.2 Å². The van der Waals surface area contributed by atoms with Crippen molar-refractivity contribution in [3.8, 4) is 11.3 Å². The molecule has 0 saturated heterocycles. The minimum absolute atomic E-state index is 0.0317. The van der Waals surface area contributed by atoms with Gasteiger partial charge in [-0.25, -0.2) is 9.18 Å². The Bertz CT molecular complexity index is 1170. The van der Waals surface area contributed by atoms with E-state index in [1.807, 2.05) is 5.43 Å². The van der Waals surface area contributed by atoms with Crippen LogP contribution in [0.3, 0.4) is 0 Å². The van der Waals surface area contributed by atoms with Crippen LogP contribution in [-0.4, -0.2) is 28.0 Å². The molecule has 0 fully saturated rings. The van der Waals surface area contributed by atoms with Gasteiger partial charge < -0.3 is 10.3 Å². The van der Waals surface area contributed by atoms with Crippen LogP contribution < -0.4 is 11.2 Å². The summed E-state index contributed by atoms with van der Waals surface area (Å²) in [4.78, 5) is 37.5. The number of amides is 4. The Morgan fingerprint density at radius 3 is 2.19 bits per heavy atom. The highest BCUT2D eigenvalue weighted by Gasteiger charge is 2.31. The first-order valence-electron chi connectivity index (χ1n) is 8.43. The molecule has 0 aliphatic rings. The molecule has 0 spiro atoms. The number of hydrazine groups is 1. The third kappa shape index (κ3) is 4.34. The van der Waals surface area contributed by atoms with Crippen molar-refractivity contribution in [2.75, 3.05) is 0 Å². The highest BCUT2D eigenvalue weighted by molar-refractivity contribution is 6.39. The number of halogens is 4. The third-order valence-corrected chi connectivity index (χ3v) is 5.05. The van der Waals surface area contributed by atoms with Crippen molar-refractivity contribution in [1.82, 2.24) is 15.6 Å². The van der Waals surface area contributed by atoms with Gasteiger partial charge in [0.25, 0.3) is 11.8 Å². The van der Waals surface area contributed by atoms with Crippen LogP contribution in [0, 0.1) is 12.7 Å². The zero-order chi connectivity index (χ0) is 22.9. The number of benzene rings is 2. The van der Waals surface area contributed by atoms with E-state index in [0.717, 1.165) is 6.07 Å². The first kappa shape index (κ1) is 22.5. The minimum atomic E-state index is -1.39. The lowest BCUT2D eigenvalue weighted by Gasteiger charge is -2.20. The van der Waals surface area contributed by atoms with Gasteiger partial charge in [-0.05, 0) is 31.2 Å². The number of hydrogen-bond acceptors (Lipinski definition) is 5. The maximum atomic E-state index is 14.1. The molecule has 3 N–H and O–H groups in total. The van der Waals surface area contributed by atoms with Crippen LogP contribution in [0.4, 0.5) is 9.18 Å². The van der Waals surface area contributed by atoms with Crippen molar-refractivity contribution < 1.29 is 23.3 Å². The molecule has 4 amide bonds. The lowest BCUT2D eigenvalue weighted by Crippen LogP contribution is -2.52. The zero-order valence-corrected chi connectivity index (χ0v) is 17.8. The second-order valence-corrected chi connectivity index (χ2v) is 7.30. The number of rotatable bonds is 3. The number of carbonyl (C=O) groups is 3. The number of hydrogen-bond donors (Lipinski definition) is 2. The molecule has 0 atom stereocenters. The third-order valence-electron chi connectivity index (χ3n) is 4.10. The average Bonchev–Trinajstić information content (AvgIpc) is 3.06. The molecule has 0 bridgehead atoms. The fourth-order valence-electron chi connectivity index (χ4n) is 2.71. The van der Waals surface area contributed by atoms with Crippen LogP contribution in [0.5, 0.6) is 0 Å². The number of carbonyl (C=O) groups excluding carboxylic acids is 3. The molecule has 1 heterocycles. The summed E-state index contributed by atoms with van der Waals surface area (Å²) in [5, 5.41) is 4.00. The summed E-state index contributed by atoms with van der Waals surface area (Å²) in [6, 6.07) is 6.71. The molecule has 1 aromatic heterocycles. The van der Waals surface area contributed by atoms with Gasteiger partial charge in [-0.15, -0.1) is 0 Å². The fraction of sp³-hybridized carbons (Fsp3) is 0.0526. The van der Waals surface area contributed by atoms with Crippen molar-refractivity contribution in [3.63, 3.8) is 0 Å². The maximum absolute atomic E-state index is 14.1. The van der Waals surface area contributed by atoms with E-state index >= 15 is 0 Å². The van der Waals surface area contributed by atoms with Crippen molar-refractivity contribution >= 4 is 52.6 Å². The van der Waals surface area contributed by atoms with Gasteiger partial charge >= 0.3 is 6.03 Å². The predicted octanol–water partition coefficient (Wildman–Crippen LogP) is 4.62. The molecule has 3 aromatic rings. The Morgan fingerprint density at radius 2 is 1.61 bits per heavy atom. The SMILES string of the molecule is Cc1onc(-c2c(Cl)cccc2Cl)c1C(=O)NN(C(N)=O)C(=O)c1c(F)cccc1Cl. The van der Waals surface area contributed by atoms with Gasteiger partial charge in [0.15, 0.2) is 0 Å². The number of urea groups is 1. The van der Waals surface area contributed by atoms with Crippen molar-refractivity contribution in [3.05, 3.63) is 74.2 Å². The fourth-order valence-corrected chi connectivity index (χ4v) is 3.53. The molecule has 12 heteroatoms. The number of primary amides is 1. The molecule has 160 valence electrons. The zero-order valence-electron chi connectivity index (χ0n) is 15.6. The average molecular weight is 486 g/mol. The summed E-state index contributed by atoms with van der Waals surface area (Å²) in [5.41, 5.74) is 6.57. The number of nitrogens with one attached hydrogen (secondary N) is 1. The molecule has 3 rings (SSSR count). The second kappa shape index (κ2) is 8.93. The van der Waals surface area contributed by atoms with Crippen LogP contribution in [0.2, 0.25) is 15.1 Å². The summed E-state index contributed by atoms with van der Waals surface area (Å²) in [6.07, 6.45) is 0. The molecule has 31 heavy (non-hydrogen) atoms. The van der Waals surface area contributed by atoms with E-state index in [1.54, 1.807) is 6.07 Å². The Kier molecular flexibility index (Phi) is 6.49. The summed E-state index contributed by atoms with van der Waals surface area (Å²) >= 11 is 18.2. The molecule has 2 aromatic carbocycles. The lowest BCUT2D eigenvalue weighted by atomic mass is 10.1. The highest BCUT2D eigenvalue weighted by atomic mass is 35.5. The summed E-state index contributed by atoms with van der Waals surface area (Å²) in [7, 11) is 0. The Morgan fingerprint density at radius 1 is 1.03 bits per heavy atom. The molecule has 0 saturated carbocycles. The Labute approximate surface area is 189 Å². The molecule has 0 radical (unpaired) electrons. The predicted molar refractivity (Wildman–Crippen MR) is 111 cm³/mol. The number of aromatic nitrogens is 1. The van der Waals surface area contributed by atoms with E-state index in [9.17, 15) is 18.8 Å². The van der Waals surface area contributed by atoms with E-state index in [0.29, 0.717) is 0 Å². The monoisotopic (exact) mass is 484 g/mol. The summed E-state index contributed by atoms with van der Waals surface area (Å²) < 4.78 is 19.2. The van der Waals surface area contributed by atoms with E-state index in [4.69, 9.17) is 45.1 Å². The number of aryl methyl sites for hydroxylation is 1. The van der Waals surface area contributed by atoms with Crippen LogP contribution in [-0.2, 0) is 0 Å². The summed E-state index contributed by atoms with van der Waals surface area (Å²) in [5.74, 6) is -3.27. The molecule has 0 unspecified atom stereocenters. The van der Waals surface area contributed by atoms with Gasteiger partial charge in [-0.1, -0.05) is 52.1 Å². The first-order chi connectivity index (χ1) is 14.6. The number of nitrogens with zero attached hydrogens (tertiary/aromatic N) is 2. The quantitative estimate of drug-likeness (QED) is 0.525. The van der Waals surface area contributed by atoms with Gasteiger partial charge in [0, 0.05) is 5.56 Å². The van der Waals surface area contributed by atoms with E-state index in [2.05, 4.69) is 5.16 Å². The Balaban J connectivity index is 2.01. The summed E-state index contributed by atoms with van der Waals surface area (Å²) in [6.45, 7) is 1.42. The van der Waals surface area contributed by atoms with Crippen LogP contribution >= 0.6 is 34.8 Å². The topological polar surface area (TPSA) is 119 Å². The number of imide groups is 1. The van der Waals surface area contributed by atoms with Gasteiger partial charge in [0.2, 0.25) is 0 Å². The van der Waals surface area contributed by atoms with Crippen molar-refractivity contribution in [2.45, 2.75) is 6.92 Å². The van der Waals surface area contributed by atoms with Crippen LogP contribution in [0.1, 0.15) is 26.5 Å². The smallest absolute Gasteiger partial charge is 0.341 e. The molecule has 0 aliphatic carbocycles. The maximum Gasteiger partial charge on any atom is 0.341 e. The molecule has 0 aliphatic heterocycles. The van der Waals surface area contributed by atoms with Gasteiger partial charge in [0.05, 0.1) is 20.6 Å². The van der Waals surface area contributed by atoms with Crippen molar-refractivity contribution in [1.29, 1.82) is 0 Å². The van der Waals surface area contributed by atoms with E-state index in [-0.39, 0.29) is 42.7 Å².